The lowest BCUT2D eigenvalue weighted by Gasteiger charge is -2.13. The number of hydrazine groups is 1. The summed E-state index contributed by atoms with van der Waals surface area (Å²) in [5, 5.41) is 3.16. The molecule has 16 heavy (non-hydrogen) atoms. The molecule has 1 rings (SSSR count). The fraction of sp³-hybridized carbons (Fsp3) is 0.500. The summed E-state index contributed by atoms with van der Waals surface area (Å²) in [6.45, 7) is 5.66. The van der Waals surface area contributed by atoms with Crippen molar-refractivity contribution in [1.29, 1.82) is 0 Å². The Morgan fingerprint density at radius 2 is 2.12 bits per heavy atom. The molecule has 1 aromatic carbocycles. The van der Waals surface area contributed by atoms with Crippen molar-refractivity contribution in [1.82, 2.24) is 10.7 Å². The van der Waals surface area contributed by atoms with Gasteiger partial charge in [-0.2, -0.15) is 0 Å². The van der Waals surface area contributed by atoms with Crippen molar-refractivity contribution in [3.8, 4) is 5.75 Å². The van der Waals surface area contributed by atoms with Crippen LogP contribution in [0.3, 0.4) is 0 Å². The Balaban J connectivity index is 2.76. The number of ether oxygens (including phenoxy) is 1. The lowest BCUT2D eigenvalue weighted by atomic mass is 10.0. The van der Waals surface area contributed by atoms with Gasteiger partial charge in [-0.3, -0.25) is 11.2 Å². The predicted octanol–water partition coefficient (Wildman–Crippen LogP) is 1.33. The topological polar surface area (TPSA) is 59.3 Å². The highest BCUT2D eigenvalue weighted by Gasteiger charge is 2.06. The molecule has 0 heterocycles. The minimum absolute atomic E-state index is 0.515. The lowest BCUT2D eigenvalue weighted by Crippen LogP contribution is -2.33. The van der Waals surface area contributed by atoms with E-state index in [-0.39, 0.29) is 0 Å². The Morgan fingerprint density at radius 1 is 1.38 bits per heavy atom. The van der Waals surface area contributed by atoms with E-state index in [0.717, 1.165) is 17.9 Å². The standard InChI is InChI=1S/C12H21N3O/c1-9(2)10-4-5-11(7-14-8-15-13)12(6-10)16-3/h4-6,9,14-15H,7-8,13H2,1-3H3. The molecule has 0 amide bonds. The summed E-state index contributed by atoms with van der Waals surface area (Å²) in [5.41, 5.74) is 4.98. The first-order chi connectivity index (χ1) is 7.69. The molecule has 0 aliphatic carbocycles. The van der Waals surface area contributed by atoms with Gasteiger partial charge in [-0.05, 0) is 17.5 Å². The zero-order valence-electron chi connectivity index (χ0n) is 10.2. The molecule has 4 nitrogen and oxygen atoms in total. The van der Waals surface area contributed by atoms with Crippen LogP contribution in [0.15, 0.2) is 18.2 Å². The third kappa shape index (κ3) is 3.48. The van der Waals surface area contributed by atoms with Crippen molar-refractivity contribution >= 4 is 0 Å². The molecular formula is C12H21N3O. The van der Waals surface area contributed by atoms with Crippen LogP contribution >= 0.6 is 0 Å². The van der Waals surface area contributed by atoms with Gasteiger partial charge in [-0.15, -0.1) is 0 Å². The number of benzene rings is 1. The third-order valence-electron chi connectivity index (χ3n) is 2.52. The summed E-state index contributed by atoms with van der Waals surface area (Å²) in [6, 6.07) is 6.33. The maximum Gasteiger partial charge on any atom is 0.123 e. The van der Waals surface area contributed by atoms with Gasteiger partial charge in [0.2, 0.25) is 0 Å². The molecule has 90 valence electrons. The lowest BCUT2D eigenvalue weighted by molar-refractivity contribution is 0.406. The molecule has 0 saturated heterocycles. The first-order valence-corrected chi connectivity index (χ1v) is 5.50. The van der Waals surface area contributed by atoms with Gasteiger partial charge in [-0.1, -0.05) is 26.0 Å². The normalized spacial score (nSPS) is 10.8. The minimum Gasteiger partial charge on any atom is -0.496 e. The Morgan fingerprint density at radius 3 is 2.69 bits per heavy atom. The van der Waals surface area contributed by atoms with E-state index >= 15 is 0 Å². The van der Waals surface area contributed by atoms with Crippen LogP contribution in [0.25, 0.3) is 0 Å². The van der Waals surface area contributed by atoms with Gasteiger partial charge in [-0.25, -0.2) is 5.43 Å². The van der Waals surface area contributed by atoms with E-state index in [1.165, 1.54) is 5.56 Å². The summed E-state index contributed by atoms with van der Waals surface area (Å²) in [7, 11) is 1.70. The zero-order chi connectivity index (χ0) is 12.0. The van der Waals surface area contributed by atoms with E-state index in [1.807, 2.05) is 0 Å². The quantitative estimate of drug-likeness (QED) is 0.295. The van der Waals surface area contributed by atoms with Crippen LogP contribution in [-0.2, 0) is 6.54 Å². The average molecular weight is 223 g/mol. The van der Waals surface area contributed by atoms with Gasteiger partial charge in [0.1, 0.15) is 5.75 Å². The second kappa shape index (κ2) is 6.48. The number of hydrogen-bond donors (Lipinski definition) is 3. The van der Waals surface area contributed by atoms with Crippen LogP contribution in [0.5, 0.6) is 5.75 Å². The van der Waals surface area contributed by atoms with Crippen molar-refractivity contribution in [3.05, 3.63) is 29.3 Å². The number of hydrogen-bond acceptors (Lipinski definition) is 4. The molecule has 0 unspecified atom stereocenters. The first-order valence-electron chi connectivity index (χ1n) is 5.50. The maximum absolute atomic E-state index is 5.38. The second-order valence-corrected chi connectivity index (χ2v) is 4.03. The number of rotatable bonds is 6. The zero-order valence-corrected chi connectivity index (χ0v) is 10.2. The van der Waals surface area contributed by atoms with E-state index in [2.05, 4.69) is 42.8 Å². The highest BCUT2D eigenvalue weighted by molar-refractivity contribution is 5.38. The van der Waals surface area contributed by atoms with Gasteiger partial charge in [0.05, 0.1) is 13.8 Å². The van der Waals surface area contributed by atoms with Gasteiger partial charge in [0.25, 0.3) is 0 Å². The van der Waals surface area contributed by atoms with Crippen LogP contribution in [-0.4, -0.2) is 13.8 Å². The summed E-state index contributed by atoms with van der Waals surface area (Å²) in [5.74, 6) is 6.63. The van der Waals surface area contributed by atoms with Crippen molar-refractivity contribution < 1.29 is 4.74 Å². The van der Waals surface area contributed by atoms with E-state index in [0.29, 0.717) is 12.6 Å². The van der Waals surface area contributed by atoms with Gasteiger partial charge in [0, 0.05) is 12.1 Å². The van der Waals surface area contributed by atoms with Gasteiger partial charge < -0.3 is 4.74 Å². The largest absolute Gasteiger partial charge is 0.496 e. The molecule has 0 aromatic heterocycles. The van der Waals surface area contributed by atoms with E-state index in [1.54, 1.807) is 7.11 Å². The molecule has 0 aliphatic heterocycles. The Bertz CT molecular complexity index is 326. The van der Waals surface area contributed by atoms with Crippen molar-refractivity contribution in [3.63, 3.8) is 0 Å². The Labute approximate surface area is 97.1 Å². The predicted molar refractivity (Wildman–Crippen MR) is 66.1 cm³/mol. The first kappa shape index (κ1) is 13.0. The number of nitrogens with two attached hydrogens (primary N) is 1. The van der Waals surface area contributed by atoms with E-state index < -0.39 is 0 Å². The average Bonchev–Trinajstić information content (AvgIpc) is 2.29. The van der Waals surface area contributed by atoms with Crippen molar-refractivity contribution in [2.75, 3.05) is 13.8 Å². The summed E-state index contributed by atoms with van der Waals surface area (Å²) < 4.78 is 5.38. The molecule has 0 saturated carbocycles. The van der Waals surface area contributed by atoms with Gasteiger partial charge >= 0.3 is 0 Å². The van der Waals surface area contributed by atoms with E-state index in [4.69, 9.17) is 10.6 Å². The SMILES string of the molecule is COc1cc(C(C)C)ccc1CNCNN. The Hall–Kier alpha value is -1.10. The van der Waals surface area contributed by atoms with Crippen LogP contribution in [0.1, 0.15) is 30.9 Å². The summed E-state index contributed by atoms with van der Waals surface area (Å²) in [6.07, 6.45) is 0. The molecule has 4 heteroatoms. The van der Waals surface area contributed by atoms with Crippen LogP contribution < -0.4 is 21.3 Å². The summed E-state index contributed by atoms with van der Waals surface area (Å²) in [4.78, 5) is 0. The van der Waals surface area contributed by atoms with Gasteiger partial charge in [0.15, 0.2) is 0 Å². The molecule has 0 radical (unpaired) electrons. The molecule has 0 fully saturated rings. The molecule has 0 spiro atoms. The van der Waals surface area contributed by atoms with Crippen molar-refractivity contribution in [2.45, 2.75) is 26.3 Å². The monoisotopic (exact) mass is 223 g/mol. The molecule has 4 N–H and O–H groups in total. The molecule has 0 aliphatic rings. The number of methoxy groups -OCH3 is 1. The maximum atomic E-state index is 5.38. The van der Waals surface area contributed by atoms with Crippen LogP contribution in [0.4, 0.5) is 0 Å². The highest BCUT2D eigenvalue weighted by atomic mass is 16.5. The highest BCUT2D eigenvalue weighted by Crippen LogP contribution is 2.24. The van der Waals surface area contributed by atoms with Crippen molar-refractivity contribution in [2.24, 2.45) is 5.84 Å². The van der Waals surface area contributed by atoms with Crippen LogP contribution in [0.2, 0.25) is 0 Å². The minimum atomic E-state index is 0.515. The Kier molecular flexibility index (Phi) is 5.25. The third-order valence-corrected chi connectivity index (χ3v) is 2.52. The fourth-order valence-corrected chi connectivity index (χ4v) is 1.54. The van der Waals surface area contributed by atoms with E-state index in [9.17, 15) is 0 Å². The molecule has 0 atom stereocenters. The molecular weight excluding hydrogens is 202 g/mol. The second-order valence-electron chi connectivity index (χ2n) is 4.03. The fourth-order valence-electron chi connectivity index (χ4n) is 1.54. The number of nitrogens with one attached hydrogen (secondary N) is 2. The summed E-state index contributed by atoms with van der Waals surface area (Å²) >= 11 is 0. The molecule has 1 aromatic rings. The molecule has 0 bridgehead atoms. The smallest absolute Gasteiger partial charge is 0.123 e. The van der Waals surface area contributed by atoms with Crippen LogP contribution in [0, 0.1) is 0 Å².